The lowest BCUT2D eigenvalue weighted by molar-refractivity contribution is -0.127. The standard InChI is InChI=1S/C24H30FN3O2/c1-15(29)26-23-11-16-9-17(12-23)21(18(10-16)13-23)27-14-24(7-2-8-28(24)22(27)30)19-3-5-20(25)6-4-19/h3-6,16-18,21H,2,7-14H2,1H3,(H,26,29)/t16?,17?,18?,21?,23?,24-/m0/s1. The van der Waals surface area contributed by atoms with Crippen molar-refractivity contribution >= 4 is 11.9 Å². The number of benzene rings is 1. The van der Waals surface area contributed by atoms with E-state index in [1.165, 1.54) is 25.0 Å². The molecule has 6 heteroatoms. The van der Waals surface area contributed by atoms with E-state index in [9.17, 15) is 14.0 Å². The van der Waals surface area contributed by atoms with Gasteiger partial charge in [-0.25, -0.2) is 9.18 Å². The van der Waals surface area contributed by atoms with E-state index in [-0.39, 0.29) is 34.9 Å². The van der Waals surface area contributed by atoms with Crippen molar-refractivity contribution < 1.29 is 14.0 Å². The first kappa shape index (κ1) is 18.6. The zero-order valence-corrected chi connectivity index (χ0v) is 17.6. The van der Waals surface area contributed by atoms with Crippen LogP contribution in [0.15, 0.2) is 24.3 Å². The molecule has 0 spiro atoms. The SMILES string of the molecule is CC(=O)NC12CC3CC(C1)C(N1C[C@]4(c5ccc(F)cc5)CCCN4C1=O)C(C3)C2. The van der Waals surface area contributed by atoms with Gasteiger partial charge in [0.1, 0.15) is 5.82 Å². The van der Waals surface area contributed by atoms with E-state index in [1.807, 2.05) is 12.1 Å². The van der Waals surface area contributed by atoms with Gasteiger partial charge in [0.15, 0.2) is 0 Å². The van der Waals surface area contributed by atoms with E-state index in [0.29, 0.717) is 24.3 Å². The summed E-state index contributed by atoms with van der Waals surface area (Å²) >= 11 is 0. The van der Waals surface area contributed by atoms with Gasteiger partial charge in [0.05, 0.1) is 12.1 Å². The van der Waals surface area contributed by atoms with Crippen LogP contribution >= 0.6 is 0 Å². The summed E-state index contributed by atoms with van der Waals surface area (Å²) in [5, 5.41) is 3.30. The lowest BCUT2D eigenvalue weighted by Gasteiger charge is -2.61. The number of halogens is 1. The lowest BCUT2D eigenvalue weighted by atomic mass is 9.50. The molecule has 6 aliphatic rings. The number of rotatable bonds is 3. The van der Waals surface area contributed by atoms with Crippen LogP contribution in [0.25, 0.3) is 0 Å². The number of nitrogens with one attached hydrogen (secondary N) is 1. The molecule has 2 saturated heterocycles. The molecular formula is C24H30FN3O2. The molecule has 3 atom stereocenters. The van der Waals surface area contributed by atoms with Gasteiger partial charge in [0, 0.05) is 25.0 Å². The fraction of sp³-hybridized carbons (Fsp3) is 0.667. The van der Waals surface area contributed by atoms with Gasteiger partial charge >= 0.3 is 6.03 Å². The van der Waals surface area contributed by atoms with Crippen molar-refractivity contribution in [3.63, 3.8) is 0 Å². The molecular weight excluding hydrogens is 381 g/mol. The molecule has 7 rings (SSSR count). The van der Waals surface area contributed by atoms with Crippen molar-refractivity contribution in [2.45, 2.75) is 69.0 Å². The Morgan fingerprint density at radius 1 is 1.13 bits per heavy atom. The largest absolute Gasteiger partial charge is 0.351 e. The highest BCUT2D eigenvalue weighted by atomic mass is 19.1. The molecule has 1 aromatic carbocycles. The maximum Gasteiger partial charge on any atom is 0.321 e. The smallest absolute Gasteiger partial charge is 0.321 e. The normalized spacial score (nSPS) is 41.5. The highest BCUT2D eigenvalue weighted by Crippen LogP contribution is 2.58. The zero-order chi connectivity index (χ0) is 20.7. The predicted octanol–water partition coefficient (Wildman–Crippen LogP) is 3.64. The first-order valence-electron chi connectivity index (χ1n) is 11.5. The van der Waals surface area contributed by atoms with E-state index in [1.54, 1.807) is 6.92 Å². The highest BCUT2D eigenvalue weighted by Gasteiger charge is 2.62. The van der Waals surface area contributed by atoms with Crippen LogP contribution in [0.2, 0.25) is 0 Å². The second-order valence-electron chi connectivity index (χ2n) is 10.6. The van der Waals surface area contributed by atoms with Crippen molar-refractivity contribution in [2.75, 3.05) is 13.1 Å². The van der Waals surface area contributed by atoms with Gasteiger partial charge in [-0.05, 0) is 80.4 Å². The predicted molar refractivity (Wildman–Crippen MR) is 110 cm³/mol. The third-order valence-electron chi connectivity index (χ3n) is 8.80. The summed E-state index contributed by atoms with van der Waals surface area (Å²) in [5.41, 5.74) is 0.706. The second kappa shape index (κ2) is 6.21. The van der Waals surface area contributed by atoms with Crippen LogP contribution < -0.4 is 5.32 Å². The number of nitrogens with zero attached hydrogens (tertiary/aromatic N) is 2. The summed E-state index contributed by atoms with van der Waals surface area (Å²) < 4.78 is 13.6. The van der Waals surface area contributed by atoms with E-state index < -0.39 is 0 Å². The van der Waals surface area contributed by atoms with Crippen LogP contribution in [0.4, 0.5) is 9.18 Å². The minimum Gasteiger partial charge on any atom is -0.351 e. The van der Waals surface area contributed by atoms with E-state index in [0.717, 1.165) is 44.2 Å². The maximum atomic E-state index is 13.6. The van der Waals surface area contributed by atoms with Crippen LogP contribution in [0, 0.1) is 23.6 Å². The van der Waals surface area contributed by atoms with Gasteiger partial charge < -0.3 is 15.1 Å². The van der Waals surface area contributed by atoms with Gasteiger partial charge in [-0.1, -0.05) is 12.1 Å². The Hall–Kier alpha value is -2.11. The molecule has 4 bridgehead atoms. The number of carbonyl (C=O) groups excluding carboxylic acids is 2. The summed E-state index contributed by atoms with van der Waals surface area (Å²) in [4.78, 5) is 29.7. The number of carbonyl (C=O) groups is 2. The summed E-state index contributed by atoms with van der Waals surface area (Å²) in [6.07, 6.45) is 7.40. The van der Waals surface area contributed by atoms with Crippen LogP contribution in [0.3, 0.4) is 0 Å². The third-order valence-corrected chi connectivity index (χ3v) is 8.80. The molecule has 0 radical (unpaired) electrons. The molecule has 4 aliphatic carbocycles. The Bertz CT molecular complexity index is 886. The molecule has 160 valence electrons. The first-order chi connectivity index (χ1) is 14.4. The van der Waals surface area contributed by atoms with Gasteiger partial charge in [-0.2, -0.15) is 0 Å². The minimum atomic E-state index is -0.311. The molecule has 6 fully saturated rings. The molecule has 1 N–H and O–H groups in total. The van der Waals surface area contributed by atoms with Gasteiger partial charge in [-0.3, -0.25) is 4.79 Å². The number of hydrogen-bond donors (Lipinski definition) is 1. The number of fused-ring (bicyclic) bond motifs is 1. The van der Waals surface area contributed by atoms with Gasteiger partial charge in [-0.15, -0.1) is 0 Å². The first-order valence-corrected chi connectivity index (χ1v) is 11.5. The Morgan fingerprint density at radius 2 is 1.83 bits per heavy atom. The Kier molecular flexibility index (Phi) is 3.86. The number of hydrogen-bond acceptors (Lipinski definition) is 2. The maximum absolute atomic E-state index is 13.6. The minimum absolute atomic E-state index is 0.0492. The lowest BCUT2D eigenvalue weighted by Crippen LogP contribution is -2.66. The van der Waals surface area contributed by atoms with Crippen molar-refractivity contribution in [2.24, 2.45) is 17.8 Å². The van der Waals surface area contributed by atoms with E-state index >= 15 is 0 Å². The highest BCUT2D eigenvalue weighted by molar-refractivity contribution is 5.80. The monoisotopic (exact) mass is 411 g/mol. The van der Waals surface area contributed by atoms with Crippen molar-refractivity contribution in [3.8, 4) is 0 Å². The average Bonchev–Trinajstić information content (AvgIpc) is 3.20. The number of urea groups is 1. The summed E-state index contributed by atoms with van der Waals surface area (Å²) in [6, 6.07) is 7.23. The average molecular weight is 412 g/mol. The fourth-order valence-corrected chi connectivity index (χ4v) is 8.24. The summed E-state index contributed by atoms with van der Waals surface area (Å²) in [7, 11) is 0. The zero-order valence-electron chi connectivity index (χ0n) is 17.6. The van der Waals surface area contributed by atoms with Crippen LogP contribution in [0.1, 0.15) is 57.4 Å². The molecule has 3 amide bonds. The number of amides is 3. The molecule has 30 heavy (non-hydrogen) atoms. The van der Waals surface area contributed by atoms with Crippen molar-refractivity contribution in [1.82, 2.24) is 15.1 Å². The Balaban J connectivity index is 1.31. The third kappa shape index (κ3) is 2.51. The van der Waals surface area contributed by atoms with Crippen LogP contribution in [-0.2, 0) is 10.3 Å². The van der Waals surface area contributed by atoms with Crippen molar-refractivity contribution in [3.05, 3.63) is 35.6 Å². The molecule has 2 heterocycles. The summed E-state index contributed by atoms with van der Waals surface area (Å²) in [5.74, 6) is 1.45. The quantitative estimate of drug-likeness (QED) is 0.826. The van der Waals surface area contributed by atoms with Crippen LogP contribution in [-0.4, -0.2) is 46.4 Å². The van der Waals surface area contributed by atoms with E-state index in [4.69, 9.17) is 0 Å². The Labute approximate surface area is 177 Å². The molecule has 1 aromatic rings. The van der Waals surface area contributed by atoms with E-state index in [2.05, 4.69) is 15.1 Å². The van der Waals surface area contributed by atoms with Gasteiger partial charge in [0.2, 0.25) is 5.91 Å². The van der Waals surface area contributed by atoms with Crippen LogP contribution in [0.5, 0.6) is 0 Å². The Morgan fingerprint density at radius 3 is 2.50 bits per heavy atom. The van der Waals surface area contributed by atoms with Crippen molar-refractivity contribution in [1.29, 1.82) is 0 Å². The molecule has 0 aromatic heterocycles. The molecule has 2 aliphatic heterocycles. The molecule has 5 nitrogen and oxygen atoms in total. The molecule has 2 unspecified atom stereocenters. The molecule has 4 saturated carbocycles. The topological polar surface area (TPSA) is 52.7 Å². The summed E-state index contributed by atoms with van der Waals surface area (Å²) in [6.45, 7) is 3.13. The second-order valence-corrected chi connectivity index (χ2v) is 10.6. The van der Waals surface area contributed by atoms with Gasteiger partial charge in [0.25, 0.3) is 0 Å². The fourth-order valence-electron chi connectivity index (χ4n) is 8.24.